The van der Waals surface area contributed by atoms with Gasteiger partial charge in [-0.2, -0.15) is 0 Å². The number of carbonyl (C=O) groups is 4. The van der Waals surface area contributed by atoms with Gasteiger partial charge in [0.15, 0.2) is 17.3 Å². The minimum atomic E-state index is -0.948. The average molecular weight is 976 g/mol. The van der Waals surface area contributed by atoms with Gasteiger partial charge in [-0.15, -0.1) is 11.3 Å². The number of aromatic carboxylic acids is 1. The largest absolute Gasteiger partial charge is 0.477 e. The van der Waals surface area contributed by atoms with E-state index >= 15 is 0 Å². The molecule has 0 saturated heterocycles. The van der Waals surface area contributed by atoms with Gasteiger partial charge in [0.1, 0.15) is 4.88 Å². The first-order valence-electron chi connectivity index (χ1n) is 21.9. The van der Waals surface area contributed by atoms with Crippen LogP contribution in [-0.4, -0.2) is 28.4 Å². The molecule has 0 spiro atoms. The van der Waals surface area contributed by atoms with Crippen molar-refractivity contribution in [1.82, 2.24) is 0 Å². The Morgan fingerprint density at radius 3 is 0.871 bits per heavy atom. The van der Waals surface area contributed by atoms with Crippen LogP contribution in [0.3, 0.4) is 0 Å². The lowest BCUT2D eigenvalue weighted by molar-refractivity contribution is -0.111. The molecule has 8 rings (SSSR count). The highest BCUT2D eigenvalue weighted by Gasteiger charge is 2.15. The molecule has 346 valence electrons. The third-order valence-electron chi connectivity index (χ3n) is 9.52. The molecule has 5 nitrogen and oxygen atoms in total. The molecule has 0 amide bonds. The third-order valence-corrected chi connectivity index (χ3v) is 11.0. The molecule has 0 bridgehead atoms. The Balaban J connectivity index is 0.000000174. The van der Waals surface area contributed by atoms with Crippen LogP contribution in [-0.2, 0) is 14.4 Å². The maximum atomic E-state index is 11.6. The number of allylic oxidation sites excluding steroid dienone is 6. The molecule has 7 aromatic carbocycles. The second-order valence-corrected chi connectivity index (χ2v) is 16.5. The molecule has 1 N–H and O–H groups in total. The van der Waals surface area contributed by atoms with Crippen LogP contribution in [0.15, 0.2) is 248 Å². The Kier molecular flexibility index (Phi) is 22.7. The second kappa shape index (κ2) is 30.2. The van der Waals surface area contributed by atoms with Gasteiger partial charge in [0.25, 0.3) is 0 Å². The lowest BCUT2D eigenvalue weighted by Crippen LogP contribution is -1.94. The van der Waals surface area contributed by atoms with E-state index in [2.05, 4.69) is 0 Å². The molecule has 8 heteroatoms. The lowest BCUT2D eigenvalue weighted by atomic mass is 10.1. The van der Waals surface area contributed by atoms with Crippen molar-refractivity contribution in [2.75, 3.05) is 0 Å². The van der Waals surface area contributed by atoms with E-state index in [1.165, 1.54) is 11.3 Å². The van der Waals surface area contributed by atoms with Crippen molar-refractivity contribution >= 4 is 94.3 Å². The predicted molar refractivity (Wildman–Crippen MR) is 295 cm³/mol. The molecule has 0 atom stereocenters. The first kappa shape index (κ1) is 52.7. The molecule has 0 saturated carbocycles. The van der Waals surface area contributed by atoms with E-state index in [1.54, 1.807) is 66.1 Å². The first-order chi connectivity index (χ1) is 34.1. The smallest absolute Gasteiger partial charge is 0.346 e. The van der Waals surface area contributed by atoms with Crippen molar-refractivity contribution in [2.45, 2.75) is 0 Å². The fourth-order valence-corrected chi connectivity index (χ4v) is 7.27. The highest BCUT2D eigenvalue weighted by atomic mass is 35.5. The number of hydrogen-bond donors (Lipinski definition) is 1. The van der Waals surface area contributed by atoms with Crippen LogP contribution in [0.4, 0.5) is 0 Å². The van der Waals surface area contributed by atoms with Gasteiger partial charge >= 0.3 is 5.97 Å². The van der Waals surface area contributed by atoms with Crippen LogP contribution in [0.5, 0.6) is 0 Å². The molecular formula is C62H48Cl2O5S. The molecule has 0 aliphatic rings. The number of carboxylic acids is 1. The second-order valence-electron chi connectivity index (χ2n) is 14.8. The summed E-state index contributed by atoms with van der Waals surface area (Å²) in [5.74, 6) is -0.982. The Hall–Kier alpha value is -8.26. The lowest BCUT2D eigenvalue weighted by Gasteiger charge is -2.03. The molecule has 8 aromatic rings. The van der Waals surface area contributed by atoms with Gasteiger partial charge in [0, 0.05) is 21.2 Å². The molecule has 1 heterocycles. The zero-order valence-electron chi connectivity index (χ0n) is 37.9. The molecule has 0 fully saturated rings. The molecule has 0 aliphatic carbocycles. The van der Waals surface area contributed by atoms with E-state index in [4.69, 9.17) is 28.3 Å². The van der Waals surface area contributed by atoms with Crippen molar-refractivity contribution in [1.29, 1.82) is 0 Å². The Morgan fingerprint density at radius 2 is 0.629 bits per heavy atom. The monoisotopic (exact) mass is 974 g/mol. The van der Waals surface area contributed by atoms with E-state index in [9.17, 15) is 19.2 Å². The normalized spacial score (nSPS) is 10.9. The highest BCUT2D eigenvalue weighted by molar-refractivity contribution is 7.12. The Bertz CT molecular complexity index is 2640. The summed E-state index contributed by atoms with van der Waals surface area (Å²) >= 11 is 13.0. The maximum Gasteiger partial charge on any atom is 0.346 e. The summed E-state index contributed by atoms with van der Waals surface area (Å²) in [5, 5.41) is 11.7. The standard InChI is InChI=1S/3C17H14O.C11H6Cl2O2S/c3*18-17(13-11-15-7-3-1-4-8-15)14-12-16-9-5-2-6-10-16;12-6-1-2-7(9(13)5-6)8-3-4-16-10(8)11(14)15/h3*1-14H;1-5H,(H,14,15). The van der Waals surface area contributed by atoms with Crippen LogP contribution in [0.2, 0.25) is 10.0 Å². The minimum absolute atomic E-state index is 0.0114. The highest BCUT2D eigenvalue weighted by Crippen LogP contribution is 2.35. The van der Waals surface area contributed by atoms with Gasteiger partial charge in [0.05, 0.1) is 0 Å². The molecule has 1 aromatic heterocycles. The van der Waals surface area contributed by atoms with Crippen LogP contribution in [0.1, 0.15) is 43.1 Å². The summed E-state index contributed by atoms with van der Waals surface area (Å²) in [7, 11) is 0. The molecule has 0 unspecified atom stereocenters. The van der Waals surface area contributed by atoms with E-state index in [-0.39, 0.29) is 22.2 Å². The van der Waals surface area contributed by atoms with Crippen LogP contribution >= 0.6 is 34.5 Å². The van der Waals surface area contributed by atoms with Crippen molar-refractivity contribution in [3.63, 3.8) is 0 Å². The number of benzene rings is 7. The fraction of sp³-hybridized carbons (Fsp3) is 0. The molecule has 70 heavy (non-hydrogen) atoms. The van der Waals surface area contributed by atoms with E-state index in [1.807, 2.05) is 218 Å². The summed E-state index contributed by atoms with van der Waals surface area (Å²) < 4.78 is 0. The van der Waals surface area contributed by atoms with Gasteiger partial charge in [0.2, 0.25) is 0 Å². The van der Waals surface area contributed by atoms with Gasteiger partial charge in [-0.1, -0.05) is 248 Å². The van der Waals surface area contributed by atoms with Crippen molar-refractivity contribution in [2.24, 2.45) is 0 Å². The average Bonchev–Trinajstić information content (AvgIpc) is 3.90. The molecule has 0 aliphatic heterocycles. The van der Waals surface area contributed by atoms with Gasteiger partial charge in [-0.25, -0.2) is 4.79 Å². The summed E-state index contributed by atoms with van der Waals surface area (Å²) in [4.78, 5) is 46.1. The van der Waals surface area contributed by atoms with E-state index in [0.29, 0.717) is 21.2 Å². The quantitative estimate of drug-likeness (QED) is 0.110. The number of thiophene rings is 1. The predicted octanol–water partition coefficient (Wildman–Crippen LogP) is 16.4. The fourth-order valence-electron chi connectivity index (χ4n) is 6.02. The van der Waals surface area contributed by atoms with Gasteiger partial charge in [-0.05, 0) is 93.4 Å². The summed E-state index contributed by atoms with van der Waals surface area (Å²) in [6.45, 7) is 0. The maximum absolute atomic E-state index is 11.6. The van der Waals surface area contributed by atoms with E-state index < -0.39 is 5.97 Å². The SMILES string of the molecule is O=C(C=Cc1ccccc1)C=Cc1ccccc1.O=C(C=Cc1ccccc1)C=Cc1ccccc1.O=C(C=Cc1ccccc1)C=Cc1ccccc1.O=C(O)c1sccc1-c1ccc(Cl)cc1Cl. The zero-order chi connectivity index (χ0) is 49.6. The number of rotatable bonds is 14. The minimum Gasteiger partial charge on any atom is -0.477 e. The topological polar surface area (TPSA) is 88.5 Å². The van der Waals surface area contributed by atoms with Gasteiger partial charge < -0.3 is 5.11 Å². The number of carbonyl (C=O) groups excluding carboxylic acids is 3. The molecular weight excluding hydrogens is 928 g/mol. The number of hydrogen-bond acceptors (Lipinski definition) is 5. The Labute approximate surface area is 423 Å². The van der Waals surface area contributed by atoms with Crippen molar-refractivity contribution in [3.8, 4) is 11.1 Å². The van der Waals surface area contributed by atoms with E-state index in [0.717, 1.165) is 33.4 Å². The van der Waals surface area contributed by atoms with Crippen molar-refractivity contribution in [3.05, 3.63) is 296 Å². The molecule has 0 radical (unpaired) electrons. The number of halogens is 2. The zero-order valence-corrected chi connectivity index (χ0v) is 40.2. The first-order valence-corrected chi connectivity index (χ1v) is 23.5. The third kappa shape index (κ3) is 20.3. The van der Waals surface area contributed by atoms with Crippen LogP contribution < -0.4 is 0 Å². The number of carboxylic acid groups (broad SMARTS) is 1. The Morgan fingerprint density at radius 1 is 0.357 bits per heavy atom. The summed E-state index contributed by atoms with van der Waals surface area (Å²) in [6.07, 6.45) is 20.4. The van der Waals surface area contributed by atoms with Crippen LogP contribution in [0, 0.1) is 0 Å². The van der Waals surface area contributed by atoms with Crippen LogP contribution in [0.25, 0.3) is 47.6 Å². The summed E-state index contributed by atoms with van der Waals surface area (Å²) in [6, 6.07) is 65.4. The van der Waals surface area contributed by atoms with Crippen molar-refractivity contribution < 1.29 is 24.3 Å². The summed E-state index contributed by atoms with van der Waals surface area (Å²) in [5.41, 5.74) is 7.47. The van der Waals surface area contributed by atoms with Gasteiger partial charge in [-0.3, -0.25) is 14.4 Å². The number of ketones is 3.